The first-order valence-corrected chi connectivity index (χ1v) is 5.50. The number of anilines is 2. The average Bonchev–Trinajstić information content (AvgIpc) is 2.24. The average molecular weight is 224 g/mol. The standard InChI is InChI=1S/C11H20N4O/c1-5-15(7-8(2)3)9-6-10(16-4)14-11(12)13-9/h6,8H,5,7H2,1-4H3,(H2,12,13,14). The molecule has 0 aliphatic carbocycles. The Bertz CT molecular complexity index is 341. The smallest absolute Gasteiger partial charge is 0.225 e. The molecule has 5 heteroatoms. The van der Waals surface area contributed by atoms with E-state index in [1.165, 1.54) is 0 Å². The minimum absolute atomic E-state index is 0.247. The van der Waals surface area contributed by atoms with Crippen LogP contribution in [0.5, 0.6) is 5.88 Å². The first-order chi connectivity index (χ1) is 7.56. The summed E-state index contributed by atoms with van der Waals surface area (Å²) in [5.74, 6) is 2.14. The van der Waals surface area contributed by atoms with Crippen LogP contribution < -0.4 is 15.4 Å². The number of methoxy groups -OCH3 is 1. The molecular formula is C11H20N4O. The van der Waals surface area contributed by atoms with Crippen LogP contribution >= 0.6 is 0 Å². The molecule has 0 atom stereocenters. The van der Waals surface area contributed by atoms with Crippen molar-refractivity contribution in [3.63, 3.8) is 0 Å². The summed E-state index contributed by atoms with van der Waals surface area (Å²) in [6.07, 6.45) is 0. The molecule has 0 bridgehead atoms. The van der Waals surface area contributed by atoms with Crippen LogP contribution in [0, 0.1) is 5.92 Å². The first-order valence-electron chi connectivity index (χ1n) is 5.50. The topological polar surface area (TPSA) is 64.3 Å². The van der Waals surface area contributed by atoms with Crippen LogP contribution in [-0.4, -0.2) is 30.2 Å². The Morgan fingerprint density at radius 2 is 2.12 bits per heavy atom. The molecule has 1 heterocycles. The van der Waals surface area contributed by atoms with E-state index in [-0.39, 0.29) is 5.95 Å². The van der Waals surface area contributed by atoms with Crippen molar-refractivity contribution in [2.75, 3.05) is 30.8 Å². The summed E-state index contributed by atoms with van der Waals surface area (Å²) in [6.45, 7) is 8.26. The van der Waals surface area contributed by atoms with Crippen molar-refractivity contribution in [1.29, 1.82) is 0 Å². The van der Waals surface area contributed by atoms with Gasteiger partial charge in [0.2, 0.25) is 11.8 Å². The van der Waals surface area contributed by atoms with Crippen molar-refractivity contribution in [3.8, 4) is 5.88 Å². The third kappa shape index (κ3) is 3.25. The highest BCUT2D eigenvalue weighted by atomic mass is 16.5. The van der Waals surface area contributed by atoms with Gasteiger partial charge in [-0.3, -0.25) is 0 Å². The summed E-state index contributed by atoms with van der Waals surface area (Å²) in [7, 11) is 1.57. The molecule has 5 nitrogen and oxygen atoms in total. The van der Waals surface area contributed by atoms with Gasteiger partial charge in [0.25, 0.3) is 0 Å². The normalized spacial score (nSPS) is 10.6. The van der Waals surface area contributed by atoms with E-state index in [4.69, 9.17) is 10.5 Å². The fraction of sp³-hybridized carbons (Fsp3) is 0.636. The summed E-state index contributed by atoms with van der Waals surface area (Å²) in [5, 5.41) is 0. The van der Waals surface area contributed by atoms with E-state index < -0.39 is 0 Å². The van der Waals surface area contributed by atoms with Crippen LogP contribution in [0.4, 0.5) is 11.8 Å². The maximum atomic E-state index is 5.63. The van der Waals surface area contributed by atoms with Gasteiger partial charge in [0.05, 0.1) is 7.11 Å². The van der Waals surface area contributed by atoms with Crippen LogP contribution in [0.2, 0.25) is 0 Å². The number of ether oxygens (including phenoxy) is 1. The van der Waals surface area contributed by atoms with E-state index in [0.717, 1.165) is 18.9 Å². The largest absolute Gasteiger partial charge is 0.481 e. The number of hydrogen-bond donors (Lipinski definition) is 1. The van der Waals surface area contributed by atoms with E-state index in [9.17, 15) is 0 Å². The maximum absolute atomic E-state index is 5.63. The fourth-order valence-electron chi connectivity index (χ4n) is 1.52. The molecule has 0 saturated heterocycles. The highest BCUT2D eigenvalue weighted by Gasteiger charge is 2.10. The number of nitrogens with zero attached hydrogens (tertiary/aromatic N) is 3. The second kappa shape index (κ2) is 5.53. The van der Waals surface area contributed by atoms with Crippen molar-refractivity contribution >= 4 is 11.8 Å². The molecule has 1 aromatic heterocycles. The van der Waals surface area contributed by atoms with Gasteiger partial charge >= 0.3 is 0 Å². The molecule has 1 rings (SSSR count). The first kappa shape index (κ1) is 12.5. The summed E-state index contributed by atoms with van der Waals surface area (Å²) in [6, 6.07) is 1.81. The molecule has 0 aromatic carbocycles. The Balaban J connectivity index is 2.95. The van der Waals surface area contributed by atoms with Gasteiger partial charge < -0.3 is 15.4 Å². The predicted molar refractivity (Wildman–Crippen MR) is 65.7 cm³/mol. The molecular weight excluding hydrogens is 204 g/mol. The number of nitrogen functional groups attached to an aromatic ring is 1. The van der Waals surface area contributed by atoms with Gasteiger partial charge in [-0.25, -0.2) is 0 Å². The second-order valence-electron chi connectivity index (χ2n) is 4.06. The van der Waals surface area contributed by atoms with Gasteiger partial charge in [-0.1, -0.05) is 13.8 Å². The van der Waals surface area contributed by atoms with E-state index in [0.29, 0.717) is 11.8 Å². The van der Waals surface area contributed by atoms with Gasteiger partial charge in [-0.15, -0.1) is 0 Å². The van der Waals surface area contributed by atoms with E-state index >= 15 is 0 Å². The Hall–Kier alpha value is -1.52. The Labute approximate surface area is 96.6 Å². The lowest BCUT2D eigenvalue weighted by Crippen LogP contribution is -2.28. The lowest BCUT2D eigenvalue weighted by atomic mass is 10.2. The van der Waals surface area contributed by atoms with Crippen LogP contribution in [-0.2, 0) is 0 Å². The third-order valence-electron chi connectivity index (χ3n) is 2.21. The van der Waals surface area contributed by atoms with Gasteiger partial charge in [0, 0.05) is 19.2 Å². The highest BCUT2D eigenvalue weighted by Crippen LogP contribution is 2.19. The molecule has 1 aromatic rings. The molecule has 90 valence electrons. The monoisotopic (exact) mass is 224 g/mol. The summed E-state index contributed by atoms with van der Waals surface area (Å²) < 4.78 is 5.08. The molecule has 16 heavy (non-hydrogen) atoms. The van der Waals surface area contributed by atoms with Crippen molar-refractivity contribution in [2.24, 2.45) is 5.92 Å². The minimum Gasteiger partial charge on any atom is -0.481 e. The molecule has 0 saturated carbocycles. The van der Waals surface area contributed by atoms with Crippen LogP contribution in [0.3, 0.4) is 0 Å². The van der Waals surface area contributed by atoms with E-state index in [1.54, 1.807) is 7.11 Å². The zero-order valence-electron chi connectivity index (χ0n) is 10.4. The summed E-state index contributed by atoms with van der Waals surface area (Å²) >= 11 is 0. The molecule has 0 fully saturated rings. The lowest BCUT2D eigenvalue weighted by Gasteiger charge is -2.24. The molecule has 0 unspecified atom stereocenters. The molecule has 0 spiro atoms. The molecule has 0 amide bonds. The second-order valence-corrected chi connectivity index (χ2v) is 4.06. The van der Waals surface area contributed by atoms with Gasteiger partial charge in [-0.05, 0) is 12.8 Å². The van der Waals surface area contributed by atoms with Crippen molar-refractivity contribution in [1.82, 2.24) is 9.97 Å². The number of rotatable bonds is 5. The Morgan fingerprint density at radius 1 is 1.44 bits per heavy atom. The van der Waals surface area contributed by atoms with Crippen molar-refractivity contribution in [2.45, 2.75) is 20.8 Å². The zero-order chi connectivity index (χ0) is 12.1. The highest BCUT2D eigenvalue weighted by molar-refractivity contribution is 5.45. The maximum Gasteiger partial charge on any atom is 0.225 e. The molecule has 0 aliphatic heterocycles. The number of aromatic nitrogens is 2. The third-order valence-corrected chi connectivity index (χ3v) is 2.21. The molecule has 0 aliphatic rings. The molecule has 2 N–H and O–H groups in total. The van der Waals surface area contributed by atoms with Crippen molar-refractivity contribution < 1.29 is 4.74 Å². The summed E-state index contributed by atoms with van der Waals surface area (Å²) in [4.78, 5) is 10.3. The van der Waals surface area contributed by atoms with E-state index in [2.05, 4.69) is 35.6 Å². The minimum atomic E-state index is 0.247. The van der Waals surface area contributed by atoms with E-state index in [1.807, 2.05) is 6.07 Å². The number of nitrogens with two attached hydrogens (primary N) is 1. The van der Waals surface area contributed by atoms with Gasteiger partial charge in [-0.2, -0.15) is 9.97 Å². The van der Waals surface area contributed by atoms with Crippen molar-refractivity contribution in [3.05, 3.63) is 6.07 Å². The number of hydrogen-bond acceptors (Lipinski definition) is 5. The fourth-order valence-corrected chi connectivity index (χ4v) is 1.52. The predicted octanol–water partition coefficient (Wildman–Crippen LogP) is 1.55. The van der Waals surface area contributed by atoms with Crippen LogP contribution in [0.15, 0.2) is 6.07 Å². The molecule has 0 radical (unpaired) electrons. The lowest BCUT2D eigenvalue weighted by molar-refractivity contribution is 0.397. The Morgan fingerprint density at radius 3 is 2.62 bits per heavy atom. The van der Waals surface area contributed by atoms with Crippen LogP contribution in [0.25, 0.3) is 0 Å². The van der Waals surface area contributed by atoms with Gasteiger partial charge in [0.1, 0.15) is 5.82 Å². The van der Waals surface area contributed by atoms with Gasteiger partial charge in [0.15, 0.2) is 0 Å². The Kier molecular flexibility index (Phi) is 4.34. The quantitative estimate of drug-likeness (QED) is 0.822. The summed E-state index contributed by atoms with van der Waals surface area (Å²) in [5.41, 5.74) is 5.63. The SMILES string of the molecule is CCN(CC(C)C)c1cc(OC)nc(N)n1. The zero-order valence-corrected chi connectivity index (χ0v) is 10.4. The van der Waals surface area contributed by atoms with Crippen LogP contribution in [0.1, 0.15) is 20.8 Å².